The third-order valence-electron chi connectivity index (χ3n) is 5.09. The number of carbonyl (C=O) groups excluding carboxylic acids is 2. The van der Waals surface area contributed by atoms with Crippen molar-refractivity contribution in [3.05, 3.63) is 50.2 Å². The molecule has 1 aromatic carbocycles. The van der Waals surface area contributed by atoms with E-state index in [1.54, 1.807) is 53.7 Å². The molecule has 0 saturated heterocycles. The average Bonchev–Trinajstić information content (AvgIpc) is 2.77. The lowest BCUT2D eigenvalue weighted by molar-refractivity contribution is -0.205. The quantitative estimate of drug-likeness (QED) is 0.158. The van der Waals surface area contributed by atoms with Gasteiger partial charge >= 0.3 is 12.1 Å². The van der Waals surface area contributed by atoms with Crippen LogP contribution in [0, 0.1) is 0 Å². The maximum Gasteiger partial charge on any atom is 0.431 e. The van der Waals surface area contributed by atoms with E-state index in [4.69, 9.17) is 30.1 Å². The van der Waals surface area contributed by atoms with Gasteiger partial charge in [-0.05, 0) is 89.6 Å². The molecule has 2 unspecified atom stereocenters. The SMILES string of the molecule is CC(C)(C)OC(=O)NOC(C)(C(=O)OC(C)(C)C)[C@H]1CCc2cc(C(CN=[N+]=[N-])N=[N+]=[N-])ccc2O1. The number of nitrogens with one attached hydrogen (secondary N) is 1. The molecule has 0 fully saturated rings. The van der Waals surface area contributed by atoms with Crippen LogP contribution in [0.2, 0.25) is 0 Å². The zero-order valence-corrected chi connectivity index (χ0v) is 21.6. The number of rotatable bonds is 8. The van der Waals surface area contributed by atoms with Gasteiger partial charge in [-0.15, -0.1) is 0 Å². The van der Waals surface area contributed by atoms with Crippen LogP contribution in [0.3, 0.4) is 0 Å². The minimum Gasteiger partial charge on any atom is -0.486 e. The van der Waals surface area contributed by atoms with E-state index < -0.39 is 41.0 Å². The van der Waals surface area contributed by atoms with E-state index in [1.165, 1.54) is 6.92 Å². The van der Waals surface area contributed by atoms with Gasteiger partial charge in [0.2, 0.25) is 5.60 Å². The van der Waals surface area contributed by atoms with Crippen molar-refractivity contribution in [3.63, 3.8) is 0 Å². The van der Waals surface area contributed by atoms with Crippen molar-refractivity contribution in [2.45, 2.75) is 90.3 Å². The molecule has 0 aromatic heterocycles. The smallest absolute Gasteiger partial charge is 0.431 e. The molecule has 0 radical (unpaired) electrons. The van der Waals surface area contributed by atoms with Gasteiger partial charge in [-0.2, -0.15) is 5.48 Å². The predicted molar refractivity (Wildman–Crippen MR) is 130 cm³/mol. The fourth-order valence-corrected chi connectivity index (χ4v) is 3.45. The first-order valence-electron chi connectivity index (χ1n) is 11.4. The minimum absolute atomic E-state index is 0.0241. The molecule has 196 valence electrons. The molecule has 0 aliphatic carbocycles. The van der Waals surface area contributed by atoms with Gasteiger partial charge in [0.05, 0.1) is 6.04 Å². The molecule has 0 spiro atoms. The summed E-state index contributed by atoms with van der Waals surface area (Å²) in [6.45, 7) is 11.7. The zero-order chi connectivity index (χ0) is 27.1. The maximum atomic E-state index is 13.2. The Kier molecular flexibility index (Phi) is 9.04. The van der Waals surface area contributed by atoms with Gasteiger partial charge in [0.15, 0.2) is 0 Å². The molecule has 36 heavy (non-hydrogen) atoms. The molecular weight excluding hydrogens is 470 g/mol. The van der Waals surface area contributed by atoms with Crippen molar-refractivity contribution in [2.24, 2.45) is 10.2 Å². The number of carbonyl (C=O) groups is 2. The van der Waals surface area contributed by atoms with Gasteiger partial charge in [-0.1, -0.05) is 22.4 Å². The van der Waals surface area contributed by atoms with Gasteiger partial charge < -0.3 is 14.2 Å². The number of esters is 1. The lowest BCUT2D eigenvalue weighted by Gasteiger charge is -2.39. The molecule has 1 N–H and O–H groups in total. The first kappa shape index (κ1) is 28.6. The second kappa shape index (κ2) is 11.4. The van der Waals surface area contributed by atoms with Gasteiger partial charge in [-0.3, -0.25) is 0 Å². The Balaban J connectivity index is 2.30. The van der Waals surface area contributed by atoms with Crippen molar-refractivity contribution in [1.29, 1.82) is 0 Å². The molecule has 0 bridgehead atoms. The van der Waals surface area contributed by atoms with Gasteiger partial charge in [0.25, 0.3) is 0 Å². The summed E-state index contributed by atoms with van der Waals surface area (Å²) in [5, 5.41) is 7.20. The molecule has 1 aromatic rings. The van der Waals surface area contributed by atoms with Crippen LogP contribution in [0.5, 0.6) is 5.75 Å². The third kappa shape index (κ3) is 7.94. The zero-order valence-electron chi connectivity index (χ0n) is 21.6. The molecule has 1 heterocycles. The largest absolute Gasteiger partial charge is 0.486 e. The Bertz CT molecular complexity index is 1070. The number of hydroxylamine groups is 1. The van der Waals surface area contributed by atoms with Crippen molar-refractivity contribution < 1.29 is 28.6 Å². The van der Waals surface area contributed by atoms with Crippen LogP contribution in [-0.2, 0) is 25.5 Å². The number of amides is 1. The molecule has 1 amide bonds. The number of hydrogen-bond acceptors (Lipinski definition) is 8. The van der Waals surface area contributed by atoms with E-state index in [9.17, 15) is 9.59 Å². The number of ether oxygens (including phenoxy) is 3. The summed E-state index contributed by atoms with van der Waals surface area (Å²) < 4.78 is 16.9. The first-order valence-corrected chi connectivity index (χ1v) is 11.4. The van der Waals surface area contributed by atoms with E-state index in [0.29, 0.717) is 24.2 Å². The molecule has 2 rings (SSSR count). The molecule has 13 nitrogen and oxygen atoms in total. The second-order valence-corrected chi connectivity index (χ2v) is 10.5. The fraction of sp³-hybridized carbons (Fsp3) is 0.652. The number of fused-ring (bicyclic) bond motifs is 1. The molecule has 0 saturated carbocycles. The maximum absolute atomic E-state index is 13.2. The van der Waals surface area contributed by atoms with Crippen LogP contribution in [0.1, 0.15) is 72.1 Å². The Morgan fingerprint density at radius 2 is 1.78 bits per heavy atom. The molecular formula is C23H33N7O6. The predicted octanol–water partition coefficient (Wildman–Crippen LogP) is 5.60. The summed E-state index contributed by atoms with van der Waals surface area (Å²) in [5.41, 5.74) is 17.8. The van der Waals surface area contributed by atoms with Crippen LogP contribution in [0.15, 0.2) is 28.4 Å². The highest BCUT2D eigenvalue weighted by Gasteiger charge is 2.50. The fourth-order valence-electron chi connectivity index (χ4n) is 3.45. The molecule has 1 aliphatic rings. The average molecular weight is 504 g/mol. The summed E-state index contributed by atoms with van der Waals surface area (Å²) in [6.07, 6.45) is -0.823. The van der Waals surface area contributed by atoms with E-state index in [0.717, 1.165) is 5.56 Å². The first-order chi connectivity index (χ1) is 16.7. The van der Waals surface area contributed by atoms with Crippen LogP contribution in [0.4, 0.5) is 4.79 Å². The summed E-state index contributed by atoms with van der Waals surface area (Å²) in [6, 6.07) is 4.52. The summed E-state index contributed by atoms with van der Waals surface area (Å²) >= 11 is 0. The number of aryl methyl sites for hydroxylation is 1. The lowest BCUT2D eigenvalue weighted by Crippen LogP contribution is -2.58. The van der Waals surface area contributed by atoms with Gasteiger partial charge in [0, 0.05) is 16.4 Å². The van der Waals surface area contributed by atoms with Crippen LogP contribution < -0.4 is 10.2 Å². The monoisotopic (exact) mass is 503 g/mol. The number of hydrogen-bond donors (Lipinski definition) is 1. The lowest BCUT2D eigenvalue weighted by atomic mass is 9.89. The minimum atomic E-state index is -1.70. The van der Waals surface area contributed by atoms with E-state index >= 15 is 0 Å². The Hall–Kier alpha value is -3.66. The van der Waals surface area contributed by atoms with Crippen molar-refractivity contribution in [1.82, 2.24) is 5.48 Å². The standard InChI is InChI=1S/C23H33N7O6/c1-21(2,3)34-19(31)23(7,36-28-20(32)35-22(4,5)6)18-11-9-15-12-14(8-10-17(15)33-18)16(27-30-25)13-26-29-24/h8,10,12,16,18H,9,11,13H2,1-7H3,(H,28,32)/t16?,18-,23?/m1/s1. The van der Waals surface area contributed by atoms with E-state index in [-0.39, 0.29) is 6.54 Å². The summed E-state index contributed by atoms with van der Waals surface area (Å²) in [4.78, 5) is 36.6. The summed E-state index contributed by atoms with van der Waals surface area (Å²) in [5.74, 6) is -0.219. The number of benzene rings is 1. The highest BCUT2D eigenvalue weighted by Crippen LogP contribution is 2.36. The third-order valence-corrected chi connectivity index (χ3v) is 5.09. The van der Waals surface area contributed by atoms with Crippen LogP contribution in [-0.4, -0.2) is 41.5 Å². The van der Waals surface area contributed by atoms with E-state index in [2.05, 4.69) is 25.5 Å². The van der Waals surface area contributed by atoms with Crippen LogP contribution >= 0.6 is 0 Å². The van der Waals surface area contributed by atoms with Crippen molar-refractivity contribution in [2.75, 3.05) is 6.54 Å². The summed E-state index contributed by atoms with van der Waals surface area (Å²) in [7, 11) is 0. The Labute approximate surface area is 209 Å². The topological polar surface area (TPSA) is 181 Å². The molecule has 3 atom stereocenters. The van der Waals surface area contributed by atoms with Crippen molar-refractivity contribution >= 4 is 12.1 Å². The molecule has 13 heteroatoms. The highest BCUT2D eigenvalue weighted by atomic mass is 16.7. The van der Waals surface area contributed by atoms with Crippen LogP contribution in [0.25, 0.3) is 20.9 Å². The highest BCUT2D eigenvalue weighted by molar-refractivity contribution is 5.81. The Morgan fingerprint density at radius 1 is 1.11 bits per heavy atom. The Morgan fingerprint density at radius 3 is 2.36 bits per heavy atom. The van der Waals surface area contributed by atoms with Gasteiger partial charge in [0.1, 0.15) is 23.1 Å². The normalized spacial score (nSPS) is 17.6. The van der Waals surface area contributed by atoms with E-state index in [1.807, 2.05) is 6.07 Å². The molecule has 1 aliphatic heterocycles. The van der Waals surface area contributed by atoms with Crippen molar-refractivity contribution in [3.8, 4) is 5.75 Å². The second-order valence-electron chi connectivity index (χ2n) is 10.5. The number of azide groups is 2. The number of nitrogens with zero attached hydrogens (tertiary/aromatic N) is 6. The van der Waals surface area contributed by atoms with Gasteiger partial charge in [-0.25, -0.2) is 14.4 Å².